The first-order valence-corrected chi connectivity index (χ1v) is 9.80. The zero-order valence-electron chi connectivity index (χ0n) is 16.2. The highest BCUT2D eigenvalue weighted by molar-refractivity contribution is 6.36. The summed E-state index contributed by atoms with van der Waals surface area (Å²) in [5.74, 6) is 0. The van der Waals surface area contributed by atoms with Gasteiger partial charge in [-0.1, -0.05) is 108 Å². The molecule has 0 atom stereocenters. The zero-order chi connectivity index (χ0) is 19.1. The monoisotopic (exact) mass is 354 g/mol. The lowest BCUT2D eigenvalue weighted by molar-refractivity contribution is 1.66. The maximum absolute atomic E-state index is 2.34. The second-order valence-electron chi connectivity index (χ2n) is 7.58. The van der Waals surface area contributed by atoms with Crippen LogP contribution in [0.1, 0.15) is 0 Å². The van der Waals surface area contributed by atoms with Crippen molar-refractivity contribution in [2.24, 2.45) is 0 Å². The molecule has 28 heavy (non-hydrogen) atoms. The van der Waals surface area contributed by atoms with Crippen molar-refractivity contribution < 1.29 is 0 Å². The summed E-state index contributed by atoms with van der Waals surface area (Å²) in [7, 11) is 4.35. The first-order chi connectivity index (χ1) is 13.7. The number of hydrogen-bond donors (Lipinski definition) is 0. The normalized spacial score (nSPS) is 11.1. The van der Waals surface area contributed by atoms with Crippen molar-refractivity contribution in [3.8, 4) is 22.3 Å². The van der Waals surface area contributed by atoms with E-state index in [1.54, 1.807) is 0 Å². The van der Waals surface area contributed by atoms with Crippen molar-refractivity contribution in [3.63, 3.8) is 0 Å². The van der Waals surface area contributed by atoms with Gasteiger partial charge in [-0.3, -0.25) is 0 Å². The highest BCUT2D eigenvalue weighted by atomic mass is 14.2. The van der Waals surface area contributed by atoms with Crippen molar-refractivity contribution in [2.45, 2.75) is 0 Å². The summed E-state index contributed by atoms with van der Waals surface area (Å²) >= 11 is 0. The van der Waals surface area contributed by atoms with Crippen LogP contribution in [0.3, 0.4) is 0 Å². The van der Waals surface area contributed by atoms with Gasteiger partial charge in [0.05, 0.1) is 0 Å². The van der Waals surface area contributed by atoms with Crippen LogP contribution in [0, 0.1) is 0 Å². The Morgan fingerprint density at radius 1 is 0.393 bits per heavy atom. The first-order valence-electron chi connectivity index (χ1n) is 9.80. The van der Waals surface area contributed by atoms with Crippen LogP contribution in [0.4, 0.5) is 0 Å². The second-order valence-corrected chi connectivity index (χ2v) is 7.58. The van der Waals surface area contributed by atoms with Crippen LogP contribution < -0.4 is 10.9 Å². The van der Waals surface area contributed by atoms with Gasteiger partial charge in [-0.05, 0) is 43.8 Å². The average molecular weight is 354 g/mol. The summed E-state index contributed by atoms with van der Waals surface area (Å²) < 4.78 is 0. The SMILES string of the molecule is Bc1ccc2c(-c3ccccc3)c3cc(B)ccc3c(-c3ccccc3)c2c1. The Morgan fingerprint density at radius 2 is 0.786 bits per heavy atom. The number of hydrogen-bond acceptors (Lipinski definition) is 0. The molecule has 0 aliphatic heterocycles. The highest BCUT2D eigenvalue weighted by Crippen LogP contribution is 2.42. The minimum atomic E-state index is 1.27. The Labute approximate surface area is 167 Å². The maximum atomic E-state index is 2.34. The Bertz CT molecular complexity index is 1200. The van der Waals surface area contributed by atoms with E-state index in [4.69, 9.17) is 0 Å². The largest absolute Gasteiger partial charge is 0.139 e. The predicted octanol–water partition coefficient (Wildman–Crippen LogP) is 3.84. The lowest BCUT2D eigenvalue weighted by Crippen LogP contribution is -2.04. The molecule has 130 valence electrons. The van der Waals surface area contributed by atoms with Gasteiger partial charge in [0.25, 0.3) is 0 Å². The molecule has 5 aromatic carbocycles. The van der Waals surface area contributed by atoms with Crippen LogP contribution in [-0.2, 0) is 0 Å². The summed E-state index contributed by atoms with van der Waals surface area (Å²) in [5.41, 5.74) is 7.77. The average Bonchev–Trinajstić information content (AvgIpc) is 2.73. The van der Waals surface area contributed by atoms with Gasteiger partial charge in [-0.25, -0.2) is 0 Å². The van der Waals surface area contributed by atoms with Gasteiger partial charge in [0, 0.05) is 0 Å². The minimum Gasteiger partial charge on any atom is -0.0883 e. The minimum absolute atomic E-state index is 1.27. The highest BCUT2D eigenvalue weighted by Gasteiger charge is 2.16. The lowest BCUT2D eigenvalue weighted by atomic mass is 9.81. The molecule has 0 saturated heterocycles. The van der Waals surface area contributed by atoms with E-state index in [0.717, 1.165) is 0 Å². The van der Waals surface area contributed by atoms with Gasteiger partial charge >= 0.3 is 0 Å². The molecule has 0 N–H and O–H groups in total. The first kappa shape index (κ1) is 16.9. The third-order valence-electron chi connectivity index (χ3n) is 5.55. The number of benzene rings is 5. The van der Waals surface area contributed by atoms with E-state index in [9.17, 15) is 0 Å². The molecule has 0 heterocycles. The summed E-state index contributed by atoms with van der Waals surface area (Å²) in [6.45, 7) is 0. The lowest BCUT2D eigenvalue weighted by Gasteiger charge is -2.18. The molecule has 0 fully saturated rings. The molecule has 5 rings (SSSR count). The molecule has 0 spiro atoms. The van der Waals surface area contributed by atoms with Gasteiger partial charge in [0.2, 0.25) is 0 Å². The maximum Gasteiger partial charge on any atom is 0.139 e. The van der Waals surface area contributed by atoms with Crippen LogP contribution in [0.5, 0.6) is 0 Å². The standard InChI is InChI=1S/C26H20B2/c27-19-12-14-22-23(15-19)25(17-7-3-1-4-8-17)21-13-11-20(28)16-24(21)26(22)18-9-5-2-6-10-18/h1-16H,27-28H2. The Hall–Kier alpha value is -3.25. The molecule has 0 saturated carbocycles. The van der Waals surface area contributed by atoms with Gasteiger partial charge in [0.1, 0.15) is 15.7 Å². The fraction of sp³-hybridized carbons (Fsp3) is 0. The molecule has 2 heteroatoms. The summed E-state index contributed by atoms with van der Waals surface area (Å²) in [6, 6.07) is 35.3. The molecule has 0 bridgehead atoms. The van der Waals surface area contributed by atoms with Gasteiger partial charge in [-0.2, -0.15) is 0 Å². The summed E-state index contributed by atoms with van der Waals surface area (Å²) in [6.07, 6.45) is 0. The number of fused-ring (bicyclic) bond motifs is 2. The fourth-order valence-electron chi connectivity index (χ4n) is 4.29. The van der Waals surface area contributed by atoms with Gasteiger partial charge < -0.3 is 0 Å². The Kier molecular flexibility index (Phi) is 4.06. The molecule has 0 aromatic heterocycles. The van der Waals surface area contributed by atoms with E-state index < -0.39 is 0 Å². The van der Waals surface area contributed by atoms with E-state index in [1.165, 1.54) is 54.7 Å². The fourth-order valence-corrected chi connectivity index (χ4v) is 4.29. The topological polar surface area (TPSA) is 0 Å². The van der Waals surface area contributed by atoms with Crippen LogP contribution >= 0.6 is 0 Å². The van der Waals surface area contributed by atoms with Crippen molar-refractivity contribution in [1.82, 2.24) is 0 Å². The molecular formula is C26H20B2. The molecular weight excluding hydrogens is 334 g/mol. The van der Waals surface area contributed by atoms with Gasteiger partial charge in [-0.15, -0.1) is 0 Å². The summed E-state index contributed by atoms with van der Waals surface area (Å²) in [5, 5.41) is 5.27. The van der Waals surface area contributed by atoms with E-state index in [1.807, 2.05) is 0 Å². The van der Waals surface area contributed by atoms with Crippen molar-refractivity contribution >= 4 is 48.2 Å². The van der Waals surface area contributed by atoms with Crippen molar-refractivity contribution in [1.29, 1.82) is 0 Å². The van der Waals surface area contributed by atoms with E-state index in [0.29, 0.717) is 0 Å². The second kappa shape index (κ2) is 6.73. The van der Waals surface area contributed by atoms with Crippen LogP contribution in [-0.4, -0.2) is 15.7 Å². The molecule has 0 aliphatic rings. The smallest absolute Gasteiger partial charge is 0.0883 e. The molecule has 0 radical (unpaired) electrons. The van der Waals surface area contributed by atoms with E-state index >= 15 is 0 Å². The molecule has 0 nitrogen and oxygen atoms in total. The zero-order valence-corrected chi connectivity index (χ0v) is 16.2. The van der Waals surface area contributed by atoms with Crippen LogP contribution in [0.25, 0.3) is 43.8 Å². The van der Waals surface area contributed by atoms with Crippen LogP contribution in [0.2, 0.25) is 0 Å². The van der Waals surface area contributed by atoms with Crippen molar-refractivity contribution in [3.05, 3.63) is 97.1 Å². The van der Waals surface area contributed by atoms with Gasteiger partial charge in [0.15, 0.2) is 0 Å². The van der Waals surface area contributed by atoms with Crippen molar-refractivity contribution in [2.75, 3.05) is 0 Å². The van der Waals surface area contributed by atoms with E-state index in [2.05, 4.69) is 113 Å². The van der Waals surface area contributed by atoms with Crippen LogP contribution in [0.15, 0.2) is 97.1 Å². The number of rotatable bonds is 2. The Morgan fingerprint density at radius 3 is 1.18 bits per heavy atom. The Balaban J connectivity index is 2.05. The third-order valence-corrected chi connectivity index (χ3v) is 5.55. The third kappa shape index (κ3) is 2.73. The quantitative estimate of drug-likeness (QED) is 0.334. The molecule has 5 aromatic rings. The van der Waals surface area contributed by atoms with E-state index in [-0.39, 0.29) is 0 Å². The predicted molar refractivity (Wildman–Crippen MR) is 129 cm³/mol. The molecule has 0 aliphatic carbocycles. The molecule has 0 unspecified atom stereocenters. The summed E-state index contributed by atoms with van der Waals surface area (Å²) in [4.78, 5) is 0. The molecule has 0 amide bonds.